The van der Waals surface area contributed by atoms with Crippen LogP contribution >= 0.6 is 0 Å². The molecule has 0 aliphatic carbocycles. The van der Waals surface area contributed by atoms with Crippen LogP contribution in [0.5, 0.6) is 0 Å². The molecule has 39 heavy (non-hydrogen) atoms. The molecule has 0 saturated carbocycles. The number of hydrogen-bond acceptors (Lipinski definition) is 10. The van der Waals surface area contributed by atoms with E-state index in [0.717, 1.165) is 38.2 Å². The Labute approximate surface area is 228 Å². The van der Waals surface area contributed by atoms with Crippen molar-refractivity contribution in [3.8, 4) is 0 Å². The van der Waals surface area contributed by atoms with Gasteiger partial charge in [-0.3, -0.25) is 4.79 Å². The molecule has 12 heteroatoms. The number of carbonyl (C=O) groups excluding carboxylic acids is 1. The molecule has 0 atom stereocenters. The van der Waals surface area contributed by atoms with E-state index in [4.69, 9.17) is 21.9 Å². The quantitative estimate of drug-likeness (QED) is 0.273. The monoisotopic (exact) mass is 531 g/mol. The third-order valence-electron chi connectivity index (χ3n) is 6.75. The fraction of sp³-hybridized carbons (Fsp3) is 0.444. The van der Waals surface area contributed by atoms with Crippen LogP contribution < -0.4 is 21.7 Å². The topological polar surface area (TPSA) is 175 Å². The molecule has 6 N–H and O–H groups in total. The molecule has 0 unspecified atom stereocenters. The average molecular weight is 532 g/mol. The van der Waals surface area contributed by atoms with E-state index in [-0.39, 0.29) is 23.5 Å². The summed E-state index contributed by atoms with van der Waals surface area (Å²) in [7, 11) is 2.10. The Morgan fingerprint density at radius 1 is 1.13 bits per heavy atom. The van der Waals surface area contributed by atoms with Gasteiger partial charge in [0.15, 0.2) is 11.6 Å². The van der Waals surface area contributed by atoms with Gasteiger partial charge < -0.3 is 32.0 Å². The standard InChI is InChI=1S/C27H37N11O/c1-16-7-8-17(25(39)34-20(29)14-19(28)27(2,3)4)13-18(16)33-24-22-21(31-15-32-24)23(30)36-26(35-22)38-10-6-9-37(5)11-12-38/h7-8,13,15,28H,6,9-12,14H2,1-5H3,(H2,29,34,39)(H2,30,35,36)(H,31,32,33). The molecule has 0 bridgehead atoms. The fourth-order valence-electron chi connectivity index (χ4n) is 4.14. The SMILES string of the molecule is Cc1ccc(C(=O)N=C(N)CC(=N)C(C)(C)C)cc1Nc1ncnc2c(N)nc(N3CCCN(C)CC3)nc12. The van der Waals surface area contributed by atoms with E-state index in [2.05, 4.69) is 42.1 Å². The number of likely N-dealkylation sites (N-methyl/N-ethyl adjacent to an activating group) is 1. The van der Waals surface area contributed by atoms with Crippen LogP contribution in [0.1, 0.15) is 49.5 Å². The van der Waals surface area contributed by atoms with Gasteiger partial charge in [-0.05, 0) is 50.0 Å². The number of amidine groups is 1. The van der Waals surface area contributed by atoms with Gasteiger partial charge in [0.25, 0.3) is 5.91 Å². The lowest BCUT2D eigenvalue weighted by atomic mass is 9.88. The van der Waals surface area contributed by atoms with Crippen molar-refractivity contribution in [3.05, 3.63) is 35.7 Å². The Hall–Kier alpha value is -4.19. The molecule has 1 aromatic carbocycles. The van der Waals surface area contributed by atoms with E-state index >= 15 is 0 Å². The van der Waals surface area contributed by atoms with Crippen molar-refractivity contribution >= 4 is 51.8 Å². The zero-order valence-electron chi connectivity index (χ0n) is 23.2. The number of nitrogens with two attached hydrogens (primary N) is 2. The third kappa shape index (κ3) is 6.63. The van der Waals surface area contributed by atoms with Gasteiger partial charge in [-0.1, -0.05) is 26.8 Å². The van der Waals surface area contributed by atoms with Gasteiger partial charge >= 0.3 is 0 Å². The van der Waals surface area contributed by atoms with E-state index < -0.39 is 5.91 Å². The minimum atomic E-state index is -0.482. The highest BCUT2D eigenvalue weighted by Crippen LogP contribution is 2.28. The second-order valence-electron chi connectivity index (χ2n) is 10.9. The number of aliphatic imine (C=N–C) groups is 1. The molecule has 4 rings (SSSR count). The summed E-state index contributed by atoms with van der Waals surface area (Å²) < 4.78 is 0. The highest BCUT2D eigenvalue weighted by molar-refractivity contribution is 6.10. The number of aryl methyl sites for hydroxylation is 1. The van der Waals surface area contributed by atoms with Crippen LogP contribution in [0, 0.1) is 17.7 Å². The van der Waals surface area contributed by atoms with Gasteiger partial charge in [0.05, 0.1) is 0 Å². The van der Waals surface area contributed by atoms with E-state index in [9.17, 15) is 4.79 Å². The van der Waals surface area contributed by atoms with Gasteiger partial charge in [0.1, 0.15) is 23.2 Å². The second kappa shape index (κ2) is 11.3. The normalized spacial score (nSPS) is 15.3. The fourth-order valence-corrected chi connectivity index (χ4v) is 4.14. The first-order chi connectivity index (χ1) is 18.4. The molecule has 0 radical (unpaired) electrons. The van der Waals surface area contributed by atoms with Crippen LogP contribution in [-0.4, -0.2) is 75.5 Å². The number of fused-ring (bicyclic) bond motifs is 1. The maximum Gasteiger partial charge on any atom is 0.278 e. The lowest BCUT2D eigenvalue weighted by Crippen LogP contribution is -2.30. The van der Waals surface area contributed by atoms with Crippen LogP contribution in [0.2, 0.25) is 0 Å². The van der Waals surface area contributed by atoms with E-state index in [1.54, 1.807) is 12.1 Å². The molecule has 1 amide bonds. The maximum atomic E-state index is 12.9. The molecule has 3 heterocycles. The minimum absolute atomic E-state index is 0.108. The van der Waals surface area contributed by atoms with Crippen molar-refractivity contribution in [2.45, 2.75) is 40.5 Å². The van der Waals surface area contributed by atoms with Crippen molar-refractivity contribution in [1.82, 2.24) is 24.8 Å². The van der Waals surface area contributed by atoms with Crippen molar-refractivity contribution in [3.63, 3.8) is 0 Å². The van der Waals surface area contributed by atoms with Crippen LogP contribution in [0.15, 0.2) is 29.5 Å². The minimum Gasteiger partial charge on any atom is -0.387 e. The van der Waals surface area contributed by atoms with Gasteiger partial charge in [-0.25, -0.2) is 15.0 Å². The summed E-state index contributed by atoms with van der Waals surface area (Å²) in [5, 5.41) is 11.5. The Morgan fingerprint density at radius 3 is 2.64 bits per heavy atom. The van der Waals surface area contributed by atoms with Crippen LogP contribution in [0.3, 0.4) is 0 Å². The summed E-state index contributed by atoms with van der Waals surface area (Å²) in [4.78, 5) is 39.4. The summed E-state index contributed by atoms with van der Waals surface area (Å²) in [6, 6.07) is 5.22. The number of anilines is 4. The van der Waals surface area contributed by atoms with Gasteiger partial charge in [0.2, 0.25) is 5.95 Å². The van der Waals surface area contributed by atoms with Gasteiger partial charge in [-0.2, -0.15) is 9.98 Å². The lowest BCUT2D eigenvalue weighted by molar-refractivity contribution is 0.100. The number of hydrogen-bond donors (Lipinski definition) is 4. The molecular weight excluding hydrogens is 494 g/mol. The van der Waals surface area contributed by atoms with Crippen molar-refractivity contribution in [2.24, 2.45) is 16.1 Å². The van der Waals surface area contributed by atoms with Crippen molar-refractivity contribution in [2.75, 3.05) is 49.2 Å². The van der Waals surface area contributed by atoms with Crippen LogP contribution in [0.4, 0.5) is 23.3 Å². The predicted molar refractivity (Wildman–Crippen MR) is 156 cm³/mol. The number of carbonyl (C=O) groups is 1. The highest BCUT2D eigenvalue weighted by atomic mass is 16.1. The molecule has 0 spiro atoms. The van der Waals surface area contributed by atoms with Crippen LogP contribution in [0.25, 0.3) is 11.0 Å². The average Bonchev–Trinajstić information content (AvgIpc) is 3.09. The number of rotatable bonds is 6. The number of nitrogen functional groups attached to an aromatic ring is 1. The number of aromatic nitrogens is 4. The molecule has 3 aromatic rings. The predicted octanol–water partition coefficient (Wildman–Crippen LogP) is 3.15. The molecular formula is C27H37N11O. The number of benzene rings is 1. The number of nitrogens with zero attached hydrogens (tertiary/aromatic N) is 7. The summed E-state index contributed by atoms with van der Waals surface area (Å²) in [6.45, 7) is 11.2. The summed E-state index contributed by atoms with van der Waals surface area (Å²) >= 11 is 0. The first-order valence-corrected chi connectivity index (χ1v) is 13.0. The molecule has 1 saturated heterocycles. The number of nitrogens with one attached hydrogen (secondary N) is 2. The summed E-state index contributed by atoms with van der Waals surface area (Å²) in [5.41, 5.74) is 15.2. The first-order valence-electron chi connectivity index (χ1n) is 13.0. The molecule has 1 fully saturated rings. The Kier molecular flexibility index (Phi) is 8.05. The molecule has 1 aliphatic rings. The van der Waals surface area contributed by atoms with Crippen molar-refractivity contribution < 1.29 is 4.79 Å². The van der Waals surface area contributed by atoms with Crippen molar-refractivity contribution in [1.29, 1.82) is 5.41 Å². The van der Waals surface area contributed by atoms with E-state index in [1.165, 1.54) is 6.33 Å². The Balaban J connectivity index is 1.63. The number of amides is 1. The second-order valence-corrected chi connectivity index (χ2v) is 10.9. The molecule has 12 nitrogen and oxygen atoms in total. The van der Waals surface area contributed by atoms with E-state index in [0.29, 0.717) is 39.8 Å². The zero-order chi connectivity index (χ0) is 28.3. The summed E-state index contributed by atoms with van der Waals surface area (Å²) in [5.74, 6) is 0.904. The first kappa shape index (κ1) is 27.8. The largest absolute Gasteiger partial charge is 0.387 e. The van der Waals surface area contributed by atoms with E-state index in [1.807, 2.05) is 33.8 Å². The smallest absolute Gasteiger partial charge is 0.278 e. The Morgan fingerprint density at radius 2 is 1.90 bits per heavy atom. The highest BCUT2D eigenvalue weighted by Gasteiger charge is 2.20. The molecule has 1 aliphatic heterocycles. The van der Waals surface area contributed by atoms with Gasteiger partial charge in [0, 0.05) is 43.0 Å². The zero-order valence-corrected chi connectivity index (χ0v) is 23.2. The van der Waals surface area contributed by atoms with Crippen LogP contribution in [-0.2, 0) is 0 Å². The molecule has 2 aromatic heterocycles. The Bertz CT molecular complexity index is 1430. The van der Waals surface area contributed by atoms with Gasteiger partial charge in [-0.15, -0.1) is 0 Å². The lowest BCUT2D eigenvalue weighted by Gasteiger charge is -2.21. The molecule has 206 valence electrons. The summed E-state index contributed by atoms with van der Waals surface area (Å²) in [6.07, 6.45) is 2.54. The third-order valence-corrected chi connectivity index (χ3v) is 6.75. The maximum absolute atomic E-state index is 12.9.